The molecule has 154 valence electrons. The van der Waals surface area contributed by atoms with E-state index in [4.69, 9.17) is 4.74 Å². The molecule has 3 rings (SSSR count). The number of carbonyl (C=O) groups is 2. The summed E-state index contributed by atoms with van der Waals surface area (Å²) >= 11 is 0. The van der Waals surface area contributed by atoms with Gasteiger partial charge in [-0.1, -0.05) is 30.3 Å². The summed E-state index contributed by atoms with van der Waals surface area (Å²) in [7, 11) is 1.82. The maximum Gasteiger partial charge on any atom is 0.321 e. The lowest BCUT2D eigenvalue weighted by atomic mass is 9.95. The number of benzene rings is 2. The minimum absolute atomic E-state index is 0.0419. The number of piperidine rings is 1. The van der Waals surface area contributed by atoms with Gasteiger partial charge in [0, 0.05) is 31.7 Å². The number of hydrogen-bond donors (Lipinski definition) is 1. The Kier molecular flexibility index (Phi) is 7.11. The first-order chi connectivity index (χ1) is 14.0. The molecule has 1 aliphatic heterocycles. The molecule has 2 aromatic carbocycles. The zero-order valence-electron chi connectivity index (χ0n) is 17.1. The van der Waals surface area contributed by atoms with Crippen LogP contribution in [-0.4, -0.2) is 55.0 Å². The average Bonchev–Trinajstić information content (AvgIpc) is 2.74. The van der Waals surface area contributed by atoms with Crippen molar-refractivity contribution in [3.63, 3.8) is 0 Å². The Morgan fingerprint density at radius 3 is 2.52 bits per heavy atom. The molecule has 1 heterocycles. The third-order valence-corrected chi connectivity index (χ3v) is 5.22. The van der Waals surface area contributed by atoms with Crippen LogP contribution in [0.5, 0.6) is 5.75 Å². The van der Waals surface area contributed by atoms with Crippen molar-refractivity contribution in [2.24, 2.45) is 5.92 Å². The highest BCUT2D eigenvalue weighted by Crippen LogP contribution is 2.20. The normalized spacial score (nSPS) is 14.3. The van der Waals surface area contributed by atoms with Crippen LogP contribution < -0.4 is 10.1 Å². The summed E-state index contributed by atoms with van der Waals surface area (Å²) in [5, 5.41) is 2.90. The molecule has 0 aliphatic carbocycles. The Morgan fingerprint density at radius 1 is 1.10 bits per heavy atom. The van der Waals surface area contributed by atoms with Crippen LogP contribution in [0.3, 0.4) is 0 Å². The number of urea groups is 1. The van der Waals surface area contributed by atoms with Crippen LogP contribution in [-0.2, 0) is 4.79 Å². The van der Waals surface area contributed by atoms with Crippen molar-refractivity contribution in [2.75, 3.05) is 38.6 Å². The fourth-order valence-electron chi connectivity index (χ4n) is 3.48. The predicted molar refractivity (Wildman–Crippen MR) is 114 cm³/mol. The molecular weight excluding hydrogens is 366 g/mol. The summed E-state index contributed by atoms with van der Waals surface area (Å²) < 4.78 is 5.75. The topological polar surface area (TPSA) is 61.9 Å². The third kappa shape index (κ3) is 5.98. The lowest BCUT2D eigenvalue weighted by Gasteiger charge is -2.33. The van der Waals surface area contributed by atoms with E-state index >= 15 is 0 Å². The maximum atomic E-state index is 12.7. The highest BCUT2D eigenvalue weighted by molar-refractivity contribution is 5.89. The summed E-state index contributed by atoms with van der Waals surface area (Å²) in [4.78, 5) is 28.6. The van der Waals surface area contributed by atoms with Crippen LogP contribution in [0, 0.1) is 12.8 Å². The summed E-state index contributed by atoms with van der Waals surface area (Å²) in [5.41, 5.74) is 1.93. The zero-order valence-corrected chi connectivity index (χ0v) is 17.1. The first kappa shape index (κ1) is 20.7. The molecule has 0 bridgehead atoms. The van der Waals surface area contributed by atoms with Gasteiger partial charge in [-0.15, -0.1) is 0 Å². The van der Waals surface area contributed by atoms with E-state index in [1.807, 2.05) is 68.6 Å². The minimum Gasteiger partial charge on any atom is -0.492 e. The number of hydrogen-bond acceptors (Lipinski definition) is 3. The smallest absolute Gasteiger partial charge is 0.321 e. The second-order valence-corrected chi connectivity index (χ2v) is 7.48. The lowest BCUT2D eigenvalue weighted by molar-refractivity contribution is -0.135. The number of anilines is 1. The molecule has 0 spiro atoms. The van der Waals surface area contributed by atoms with Crippen LogP contribution in [0.15, 0.2) is 54.6 Å². The molecule has 1 N–H and O–H groups in total. The number of aryl methyl sites for hydroxylation is 1. The molecule has 0 radical (unpaired) electrons. The van der Waals surface area contributed by atoms with Gasteiger partial charge in [-0.2, -0.15) is 0 Å². The van der Waals surface area contributed by atoms with E-state index < -0.39 is 0 Å². The second kappa shape index (κ2) is 9.96. The number of carbonyl (C=O) groups excluding carboxylic acids is 2. The molecule has 6 heteroatoms. The second-order valence-electron chi connectivity index (χ2n) is 7.48. The van der Waals surface area contributed by atoms with Gasteiger partial charge in [0.25, 0.3) is 0 Å². The van der Waals surface area contributed by atoms with Gasteiger partial charge in [0.2, 0.25) is 5.91 Å². The van der Waals surface area contributed by atoms with Gasteiger partial charge in [-0.05, 0) is 49.6 Å². The molecule has 2 aromatic rings. The average molecular weight is 396 g/mol. The van der Waals surface area contributed by atoms with Crippen molar-refractivity contribution < 1.29 is 14.3 Å². The molecule has 1 saturated heterocycles. The third-order valence-electron chi connectivity index (χ3n) is 5.22. The minimum atomic E-state index is -0.109. The molecule has 1 aliphatic rings. The first-order valence-corrected chi connectivity index (χ1v) is 10.1. The van der Waals surface area contributed by atoms with Crippen molar-refractivity contribution in [3.8, 4) is 5.75 Å². The lowest BCUT2D eigenvalue weighted by Crippen LogP contribution is -2.45. The first-order valence-electron chi connectivity index (χ1n) is 10.1. The number of para-hydroxylation sites is 1. The van der Waals surface area contributed by atoms with Crippen LogP contribution >= 0.6 is 0 Å². The van der Waals surface area contributed by atoms with Crippen LogP contribution in [0.2, 0.25) is 0 Å². The van der Waals surface area contributed by atoms with Gasteiger partial charge in [0.1, 0.15) is 12.4 Å². The number of rotatable bonds is 6. The van der Waals surface area contributed by atoms with Gasteiger partial charge in [-0.3, -0.25) is 4.79 Å². The Labute approximate surface area is 172 Å². The van der Waals surface area contributed by atoms with E-state index in [0.29, 0.717) is 39.1 Å². The van der Waals surface area contributed by atoms with Gasteiger partial charge in [0.15, 0.2) is 0 Å². The monoisotopic (exact) mass is 395 g/mol. The number of likely N-dealkylation sites (N-methyl/N-ethyl adjacent to an activating group) is 1. The summed E-state index contributed by atoms with van der Waals surface area (Å²) in [5.74, 6) is 0.907. The zero-order chi connectivity index (χ0) is 20.6. The molecule has 0 atom stereocenters. The Bertz CT molecular complexity index is 817. The van der Waals surface area contributed by atoms with Crippen molar-refractivity contribution in [1.82, 2.24) is 9.80 Å². The molecule has 3 amide bonds. The number of ether oxygens (including phenoxy) is 1. The highest BCUT2D eigenvalue weighted by atomic mass is 16.5. The van der Waals surface area contributed by atoms with Crippen LogP contribution in [0.1, 0.15) is 18.4 Å². The molecular formula is C23H29N3O3. The molecule has 0 saturated carbocycles. The van der Waals surface area contributed by atoms with E-state index in [1.165, 1.54) is 0 Å². The largest absolute Gasteiger partial charge is 0.492 e. The summed E-state index contributed by atoms with van der Waals surface area (Å²) in [6, 6.07) is 17.2. The molecule has 6 nitrogen and oxygen atoms in total. The van der Waals surface area contributed by atoms with Crippen molar-refractivity contribution in [2.45, 2.75) is 19.8 Å². The summed E-state index contributed by atoms with van der Waals surface area (Å²) in [6.45, 7) is 4.20. The van der Waals surface area contributed by atoms with Crippen molar-refractivity contribution >= 4 is 17.6 Å². The van der Waals surface area contributed by atoms with Crippen molar-refractivity contribution in [3.05, 3.63) is 60.2 Å². The highest BCUT2D eigenvalue weighted by Gasteiger charge is 2.29. The van der Waals surface area contributed by atoms with Gasteiger partial charge >= 0.3 is 6.03 Å². The maximum absolute atomic E-state index is 12.7. The number of nitrogens with zero attached hydrogens (tertiary/aromatic N) is 2. The standard InChI is InChI=1S/C23H29N3O3/c1-18-7-6-10-21(17-18)29-16-15-25(2)22(27)19-11-13-26(14-12-19)23(28)24-20-8-4-3-5-9-20/h3-10,17,19H,11-16H2,1-2H3,(H,24,28). The Hall–Kier alpha value is -3.02. The fourth-order valence-corrected chi connectivity index (χ4v) is 3.48. The fraction of sp³-hybridized carbons (Fsp3) is 0.391. The Balaban J connectivity index is 1.40. The number of nitrogens with one attached hydrogen (secondary N) is 1. The quantitative estimate of drug-likeness (QED) is 0.810. The predicted octanol–water partition coefficient (Wildman–Crippen LogP) is 3.78. The van der Waals surface area contributed by atoms with Crippen LogP contribution in [0.4, 0.5) is 10.5 Å². The Morgan fingerprint density at radius 2 is 1.83 bits per heavy atom. The van der Waals surface area contributed by atoms with Gasteiger partial charge in [-0.25, -0.2) is 4.79 Å². The van der Waals surface area contributed by atoms with E-state index in [0.717, 1.165) is 17.0 Å². The van der Waals surface area contributed by atoms with Crippen molar-refractivity contribution in [1.29, 1.82) is 0 Å². The van der Waals surface area contributed by atoms with Gasteiger partial charge < -0.3 is 19.9 Å². The molecule has 1 fully saturated rings. The van der Waals surface area contributed by atoms with Gasteiger partial charge in [0.05, 0.1) is 6.54 Å². The van der Waals surface area contributed by atoms with E-state index in [9.17, 15) is 9.59 Å². The van der Waals surface area contributed by atoms with E-state index in [-0.39, 0.29) is 17.9 Å². The molecule has 0 unspecified atom stereocenters. The molecule has 0 aromatic heterocycles. The van der Waals surface area contributed by atoms with Crippen LogP contribution in [0.25, 0.3) is 0 Å². The number of amides is 3. The summed E-state index contributed by atoms with van der Waals surface area (Å²) in [6.07, 6.45) is 1.37. The number of likely N-dealkylation sites (tertiary alicyclic amines) is 1. The van der Waals surface area contributed by atoms with E-state index in [2.05, 4.69) is 5.32 Å². The molecule has 29 heavy (non-hydrogen) atoms. The van der Waals surface area contributed by atoms with E-state index in [1.54, 1.807) is 9.80 Å². The SMILES string of the molecule is Cc1cccc(OCCN(C)C(=O)C2CCN(C(=O)Nc3ccccc3)CC2)c1.